The van der Waals surface area contributed by atoms with E-state index in [4.69, 9.17) is 0 Å². The maximum Gasteiger partial charge on any atom is 0.267 e. The van der Waals surface area contributed by atoms with Crippen LogP contribution in [0.15, 0.2) is 17.1 Å². The lowest BCUT2D eigenvalue weighted by Gasteiger charge is -2.05. The molecule has 0 bridgehead atoms. The zero-order valence-electron chi connectivity index (χ0n) is 9.07. The van der Waals surface area contributed by atoms with Crippen molar-refractivity contribution in [2.75, 3.05) is 13.1 Å². The summed E-state index contributed by atoms with van der Waals surface area (Å²) in [4.78, 5) is 11.5. The van der Waals surface area contributed by atoms with Crippen molar-refractivity contribution in [1.82, 2.24) is 15.1 Å². The lowest BCUT2D eigenvalue weighted by atomic mass is 10.3. The van der Waals surface area contributed by atoms with Crippen LogP contribution >= 0.6 is 0 Å². The van der Waals surface area contributed by atoms with E-state index in [-0.39, 0.29) is 5.56 Å². The normalized spacial score (nSPS) is 15.5. The van der Waals surface area contributed by atoms with Crippen LogP contribution in [-0.4, -0.2) is 22.9 Å². The molecule has 0 saturated heterocycles. The zero-order valence-corrected chi connectivity index (χ0v) is 9.07. The Balaban J connectivity index is 1.79. The molecule has 1 saturated carbocycles. The third-order valence-electron chi connectivity index (χ3n) is 2.64. The Morgan fingerprint density at radius 2 is 2.40 bits per heavy atom. The average molecular weight is 207 g/mol. The minimum absolute atomic E-state index is 0.0109. The fraction of sp³-hybridized carbons (Fsp3) is 0.636. The third-order valence-corrected chi connectivity index (χ3v) is 2.64. The summed E-state index contributed by atoms with van der Waals surface area (Å²) in [5.74, 6) is 0.882. The quantitative estimate of drug-likeness (QED) is 0.717. The van der Waals surface area contributed by atoms with Crippen LogP contribution in [0.1, 0.15) is 18.4 Å². The van der Waals surface area contributed by atoms with Crippen molar-refractivity contribution in [3.05, 3.63) is 28.2 Å². The zero-order chi connectivity index (χ0) is 10.7. The molecule has 0 amide bonds. The van der Waals surface area contributed by atoms with E-state index in [9.17, 15) is 4.79 Å². The van der Waals surface area contributed by atoms with Crippen LogP contribution in [0.2, 0.25) is 0 Å². The van der Waals surface area contributed by atoms with Gasteiger partial charge in [-0.1, -0.05) is 0 Å². The van der Waals surface area contributed by atoms with Gasteiger partial charge >= 0.3 is 0 Å². The van der Waals surface area contributed by atoms with Crippen molar-refractivity contribution in [2.24, 2.45) is 5.92 Å². The van der Waals surface area contributed by atoms with Gasteiger partial charge in [0.25, 0.3) is 5.56 Å². The molecule has 1 fully saturated rings. The van der Waals surface area contributed by atoms with Gasteiger partial charge in [0.1, 0.15) is 0 Å². The summed E-state index contributed by atoms with van der Waals surface area (Å²) in [6.45, 7) is 4.45. The predicted octanol–water partition coefficient (Wildman–Crippen LogP) is 0.551. The van der Waals surface area contributed by atoms with E-state index in [0.29, 0.717) is 6.54 Å². The average Bonchev–Trinajstić information content (AvgIpc) is 2.99. The van der Waals surface area contributed by atoms with Crippen molar-refractivity contribution >= 4 is 0 Å². The Morgan fingerprint density at radius 3 is 3.07 bits per heavy atom. The molecule has 0 spiro atoms. The number of hydrogen-bond acceptors (Lipinski definition) is 3. The number of nitrogens with one attached hydrogen (secondary N) is 1. The van der Waals surface area contributed by atoms with Crippen LogP contribution < -0.4 is 10.9 Å². The van der Waals surface area contributed by atoms with Gasteiger partial charge in [0, 0.05) is 12.6 Å². The SMILES string of the molecule is Cc1cnn(CCNCC2CC2)c(=O)c1. The first kappa shape index (κ1) is 10.4. The molecule has 1 aromatic heterocycles. The Morgan fingerprint density at radius 1 is 1.60 bits per heavy atom. The number of nitrogens with zero attached hydrogens (tertiary/aromatic N) is 2. The Kier molecular flexibility index (Phi) is 3.16. The van der Waals surface area contributed by atoms with E-state index >= 15 is 0 Å². The smallest absolute Gasteiger partial charge is 0.267 e. The Labute approximate surface area is 89.3 Å². The molecule has 1 N–H and O–H groups in total. The summed E-state index contributed by atoms with van der Waals surface area (Å²) in [5.41, 5.74) is 0.908. The second-order valence-corrected chi connectivity index (χ2v) is 4.24. The molecule has 0 atom stereocenters. The molecule has 0 aliphatic heterocycles. The summed E-state index contributed by atoms with van der Waals surface area (Å²) in [7, 11) is 0. The largest absolute Gasteiger partial charge is 0.315 e. The summed E-state index contributed by atoms with van der Waals surface area (Å²) in [5, 5.41) is 7.41. The van der Waals surface area contributed by atoms with Gasteiger partial charge in [-0.2, -0.15) is 5.10 Å². The second kappa shape index (κ2) is 4.57. The third kappa shape index (κ3) is 3.16. The highest BCUT2D eigenvalue weighted by molar-refractivity contribution is 5.02. The maximum absolute atomic E-state index is 11.5. The molecular formula is C11H17N3O. The fourth-order valence-electron chi connectivity index (χ4n) is 1.51. The van der Waals surface area contributed by atoms with Gasteiger partial charge in [-0.25, -0.2) is 4.68 Å². The summed E-state index contributed by atoms with van der Waals surface area (Å²) >= 11 is 0. The maximum atomic E-state index is 11.5. The van der Waals surface area contributed by atoms with Crippen LogP contribution in [0, 0.1) is 12.8 Å². The van der Waals surface area contributed by atoms with E-state index in [0.717, 1.165) is 24.6 Å². The highest BCUT2D eigenvalue weighted by atomic mass is 16.1. The number of aryl methyl sites for hydroxylation is 1. The van der Waals surface area contributed by atoms with E-state index in [1.165, 1.54) is 17.5 Å². The van der Waals surface area contributed by atoms with E-state index in [2.05, 4.69) is 10.4 Å². The fourth-order valence-corrected chi connectivity index (χ4v) is 1.51. The predicted molar refractivity (Wildman–Crippen MR) is 58.8 cm³/mol. The van der Waals surface area contributed by atoms with Crippen LogP contribution in [0.3, 0.4) is 0 Å². The van der Waals surface area contributed by atoms with Crippen LogP contribution in [-0.2, 0) is 6.54 Å². The van der Waals surface area contributed by atoms with Crippen molar-refractivity contribution in [3.8, 4) is 0 Å². The van der Waals surface area contributed by atoms with Gasteiger partial charge in [0.2, 0.25) is 0 Å². The lowest BCUT2D eigenvalue weighted by Crippen LogP contribution is -2.29. The summed E-state index contributed by atoms with van der Waals surface area (Å²) in [6, 6.07) is 1.62. The molecule has 2 rings (SSSR count). The molecule has 1 heterocycles. The number of rotatable bonds is 5. The van der Waals surface area contributed by atoms with Crippen LogP contribution in [0.25, 0.3) is 0 Å². The lowest BCUT2D eigenvalue weighted by molar-refractivity contribution is 0.521. The minimum atomic E-state index is -0.0109. The van der Waals surface area contributed by atoms with E-state index in [1.807, 2.05) is 6.92 Å². The van der Waals surface area contributed by atoms with Crippen molar-refractivity contribution in [2.45, 2.75) is 26.3 Å². The van der Waals surface area contributed by atoms with Crippen LogP contribution in [0.4, 0.5) is 0 Å². The van der Waals surface area contributed by atoms with Crippen molar-refractivity contribution in [3.63, 3.8) is 0 Å². The summed E-state index contributed by atoms with van der Waals surface area (Å²) in [6.07, 6.45) is 4.44. The molecule has 4 heteroatoms. The molecule has 1 aromatic rings. The first-order chi connectivity index (χ1) is 7.25. The molecule has 0 aromatic carbocycles. The van der Waals surface area contributed by atoms with Crippen LogP contribution in [0.5, 0.6) is 0 Å². The topological polar surface area (TPSA) is 46.9 Å². The molecule has 0 radical (unpaired) electrons. The minimum Gasteiger partial charge on any atom is -0.315 e. The van der Waals surface area contributed by atoms with Gasteiger partial charge in [-0.3, -0.25) is 4.79 Å². The van der Waals surface area contributed by atoms with E-state index < -0.39 is 0 Å². The van der Waals surface area contributed by atoms with Gasteiger partial charge in [0.05, 0.1) is 12.7 Å². The van der Waals surface area contributed by atoms with Crippen molar-refractivity contribution in [1.29, 1.82) is 0 Å². The van der Waals surface area contributed by atoms with Gasteiger partial charge in [-0.05, 0) is 37.8 Å². The molecule has 15 heavy (non-hydrogen) atoms. The number of aromatic nitrogens is 2. The first-order valence-corrected chi connectivity index (χ1v) is 5.50. The van der Waals surface area contributed by atoms with E-state index in [1.54, 1.807) is 12.3 Å². The molecular weight excluding hydrogens is 190 g/mol. The Bertz CT molecular complexity index is 382. The van der Waals surface area contributed by atoms with Crippen molar-refractivity contribution < 1.29 is 0 Å². The first-order valence-electron chi connectivity index (χ1n) is 5.50. The molecule has 4 nitrogen and oxygen atoms in total. The molecule has 82 valence electrons. The monoisotopic (exact) mass is 207 g/mol. The standard InChI is InChI=1S/C11H17N3O/c1-9-6-11(15)14(13-7-9)5-4-12-8-10-2-3-10/h6-7,10,12H,2-5,8H2,1H3. The van der Waals surface area contributed by atoms with Gasteiger partial charge in [-0.15, -0.1) is 0 Å². The second-order valence-electron chi connectivity index (χ2n) is 4.24. The van der Waals surface area contributed by atoms with Gasteiger partial charge < -0.3 is 5.32 Å². The molecule has 0 unspecified atom stereocenters. The number of hydrogen-bond donors (Lipinski definition) is 1. The molecule has 1 aliphatic carbocycles. The Hall–Kier alpha value is -1.16. The summed E-state index contributed by atoms with van der Waals surface area (Å²) < 4.78 is 1.51. The highest BCUT2D eigenvalue weighted by Gasteiger charge is 2.19. The highest BCUT2D eigenvalue weighted by Crippen LogP contribution is 2.27. The van der Waals surface area contributed by atoms with Gasteiger partial charge in [0.15, 0.2) is 0 Å². The molecule has 1 aliphatic rings.